The van der Waals surface area contributed by atoms with E-state index < -0.39 is 0 Å². The van der Waals surface area contributed by atoms with Gasteiger partial charge in [0.15, 0.2) is 0 Å². The van der Waals surface area contributed by atoms with Crippen LogP contribution in [0.1, 0.15) is 36.0 Å². The van der Waals surface area contributed by atoms with Gasteiger partial charge in [-0.2, -0.15) is 12.6 Å². The lowest BCUT2D eigenvalue weighted by Gasteiger charge is -2.26. The third-order valence-corrected chi connectivity index (χ3v) is 4.49. The maximum absolute atomic E-state index is 11.3. The van der Waals surface area contributed by atoms with Gasteiger partial charge in [-0.05, 0) is 42.9 Å². The van der Waals surface area contributed by atoms with Crippen molar-refractivity contribution in [3.8, 4) is 5.75 Å². The number of ether oxygens (including phenoxy) is 2. The molecule has 0 aliphatic heterocycles. The Bertz CT molecular complexity index is 422. The van der Waals surface area contributed by atoms with Gasteiger partial charge in [0, 0.05) is 5.41 Å². The number of rotatable bonds is 5. The molecule has 1 fully saturated rings. The third kappa shape index (κ3) is 3.44. The van der Waals surface area contributed by atoms with Crippen LogP contribution in [-0.4, -0.2) is 25.4 Å². The van der Waals surface area contributed by atoms with E-state index in [0.29, 0.717) is 12.2 Å². The Morgan fingerprint density at radius 1 is 1.26 bits per heavy atom. The minimum Gasteiger partial charge on any atom is -0.493 e. The van der Waals surface area contributed by atoms with Gasteiger partial charge in [-0.25, -0.2) is 4.79 Å². The summed E-state index contributed by atoms with van der Waals surface area (Å²) in [5.41, 5.74) is 0.768. The maximum atomic E-state index is 11.3. The second-order valence-corrected chi connectivity index (χ2v) is 5.49. The number of thiol groups is 1. The first-order valence-electron chi connectivity index (χ1n) is 6.61. The molecule has 1 aromatic rings. The average Bonchev–Trinajstić information content (AvgIpc) is 2.94. The zero-order valence-corrected chi connectivity index (χ0v) is 12.1. The van der Waals surface area contributed by atoms with Crippen LogP contribution in [0.2, 0.25) is 0 Å². The van der Waals surface area contributed by atoms with E-state index in [1.54, 1.807) is 12.1 Å². The van der Waals surface area contributed by atoms with Crippen molar-refractivity contribution in [3.63, 3.8) is 0 Å². The van der Waals surface area contributed by atoms with Crippen LogP contribution < -0.4 is 4.74 Å². The molecule has 0 saturated heterocycles. The normalized spacial score (nSPS) is 17.2. The van der Waals surface area contributed by atoms with E-state index >= 15 is 0 Å². The van der Waals surface area contributed by atoms with E-state index in [0.717, 1.165) is 11.5 Å². The summed E-state index contributed by atoms with van der Waals surface area (Å²) in [4.78, 5) is 11.3. The number of hydrogen-bond donors (Lipinski definition) is 1. The van der Waals surface area contributed by atoms with Crippen molar-refractivity contribution in [2.45, 2.75) is 25.7 Å². The predicted octanol–water partition coefficient (Wildman–Crippen LogP) is 3.34. The summed E-state index contributed by atoms with van der Waals surface area (Å²) in [6, 6.07) is 7.08. The van der Waals surface area contributed by atoms with Gasteiger partial charge in [0.25, 0.3) is 0 Å². The molecule has 1 aliphatic carbocycles. The molecule has 0 atom stereocenters. The standard InChI is InChI=1S/C15H20O3S/c1-17-14(16)12-4-6-13(7-5-12)18-10-15(11-19)8-2-3-9-15/h4-7,19H,2-3,8-11H2,1H3. The Morgan fingerprint density at radius 2 is 1.89 bits per heavy atom. The molecule has 2 rings (SSSR count). The molecule has 1 saturated carbocycles. The largest absolute Gasteiger partial charge is 0.493 e. The predicted molar refractivity (Wildman–Crippen MR) is 78.0 cm³/mol. The topological polar surface area (TPSA) is 35.5 Å². The van der Waals surface area contributed by atoms with Gasteiger partial charge < -0.3 is 9.47 Å². The first-order chi connectivity index (χ1) is 9.19. The van der Waals surface area contributed by atoms with E-state index in [1.807, 2.05) is 12.1 Å². The molecular formula is C15H20O3S. The fourth-order valence-electron chi connectivity index (χ4n) is 2.51. The third-order valence-electron chi connectivity index (χ3n) is 3.82. The highest BCUT2D eigenvalue weighted by molar-refractivity contribution is 7.80. The van der Waals surface area contributed by atoms with Crippen LogP contribution in [0.15, 0.2) is 24.3 Å². The van der Waals surface area contributed by atoms with Gasteiger partial charge in [0.05, 0.1) is 19.3 Å². The molecular weight excluding hydrogens is 260 g/mol. The van der Waals surface area contributed by atoms with Crippen molar-refractivity contribution < 1.29 is 14.3 Å². The number of esters is 1. The first kappa shape index (κ1) is 14.3. The van der Waals surface area contributed by atoms with Crippen LogP contribution in [0.3, 0.4) is 0 Å². The molecule has 19 heavy (non-hydrogen) atoms. The molecule has 0 aromatic heterocycles. The number of carbonyl (C=O) groups is 1. The van der Waals surface area contributed by atoms with Crippen molar-refractivity contribution in [2.75, 3.05) is 19.5 Å². The summed E-state index contributed by atoms with van der Waals surface area (Å²) in [5, 5.41) is 0. The zero-order chi connectivity index (χ0) is 13.7. The molecule has 0 spiro atoms. The quantitative estimate of drug-likeness (QED) is 0.663. The van der Waals surface area contributed by atoms with Gasteiger partial charge >= 0.3 is 5.97 Å². The van der Waals surface area contributed by atoms with Crippen LogP contribution in [0.4, 0.5) is 0 Å². The fraction of sp³-hybridized carbons (Fsp3) is 0.533. The number of hydrogen-bond acceptors (Lipinski definition) is 4. The van der Waals surface area contributed by atoms with E-state index in [1.165, 1.54) is 32.8 Å². The van der Waals surface area contributed by atoms with Crippen LogP contribution in [0.25, 0.3) is 0 Å². The van der Waals surface area contributed by atoms with Crippen LogP contribution in [-0.2, 0) is 4.74 Å². The molecule has 0 N–H and O–H groups in total. The molecule has 0 amide bonds. The van der Waals surface area contributed by atoms with Crippen LogP contribution in [0.5, 0.6) is 5.75 Å². The van der Waals surface area contributed by atoms with Gasteiger partial charge in [-0.3, -0.25) is 0 Å². The smallest absolute Gasteiger partial charge is 0.337 e. The van der Waals surface area contributed by atoms with E-state index in [2.05, 4.69) is 17.4 Å². The molecule has 1 aliphatic rings. The molecule has 104 valence electrons. The molecule has 0 radical (unpaired) electrons. The van der Waals surface area contributed by atoms with E-state index in [9.17, 15) is 4.79 Å². The molecule has 1 aromatic carbocycles. The van der Waals surface area contributed by atoms with Gasteiger partial charge in [0.1, 0.15) is 5.75 Å². The zero-order valence-electron chi connectivity index (χ0n) is 11.2. The van der Waals surface area contributed by atoms with Crippen molar-refractivity contribution in [3.05, 3.63) is 29.8 Å². The Labute approximate surface area is 119 Å². The lowest BCUT2D eigenvalue weighted by molar-refractivity contribution is 0.0600. The minimum absolute atomic E-state index is 0.226. The molecule has 0 unspecified atom stereocenters. The highest BCUT2D eigenvalue weighted by Gasteiger charge is 2.33. The minimum atomic E-state index is -0.325. The number of benzene rings is 1. The highest BCUT2D eigenvalue weighted by Crippen LogP contribution is 2.39. The summed E-state index contributed by atoms with van der Waals surface area (Å²) >= 11 is 4.46. The van der Waals surface area contributed by atoms with E-state index in [4.69, 9.17) is 4.74 Å². The summed E-state index contributed by atoms with van der Waals surface area (Å²) < 4.78 is 10.5. The van der Waals surface area contributed by atoms with E-state index in [-0.39, 0.29) is 11.4 Å². The van der Waals surface area contributed by atoms with Crippen molar-refractivity contribution in [1.82, 2.24) is 0 Å². The van der Waals surface area contributed by atoms with Crippen LogP contribution in [0, 0.1) is 5.41 Å². The fourth-order valence-corrected chi connectivity index (χ4v) is 2.92. The van der Waals surface area contributed by atoms with Crippen LogP contribution >= 0.6 is 12.6 Å². The average molecular weight is 280 g/mol. The van der Waals surface area contributed by atoms with Crippen molar-refractivity contribution >= 4 is 18.6 Å². The first-order valence-corrected chi connectivity index (χ1v) is 7.24. The lowest BCUT2D eigenvalue weighted by atomic mass is 9.90. The number of carbonyl (C=O) groups excluding carboxylic acids is 1. The van der Waals surface area contributed by atoms with Crippen molar-refractivity contribution in [2.24, 2.45) is 5.41 Å². The second-order valence-electron chi connectivity index (χ2n) is 5.17. The Hall–Kier alpha value is -1.16. The molecule has 4 heteroatoms. The summed E-state index contributed by atoms with van der Waals surface area (Å²) in [5.74, 6) is 1.34. The van der Waals surface area contributed by atoms with Gasteiger partial charge in [-0.1, -0.05) is 12.8 Å². The molecule has 0 bridgehead atoms. The lowest BCUT2D eigenvalue weighted by Crippen LogP contribution is -2.27. The molecule has 0 heterocycles. The highest BCUT2D eigenvalue weighted by atomic mass is 32.1. The van der Waals surface area contributed by atoms with Crippen molar-refractivity contribution in [1.29, 1.82) is 0 Å². The Kier molecular flexibility index (Phi) is 4.75. The summed E-state index contributed by atoms with van der Waals surface area (Å²) in [6.45, 7) is 0.702. The Balaban J connectivity index is 1.94. The summed E-state index contributed by atoms with van der Waals surface area (Å²) in [6.07, 6.45) is 4.92. The monoisotopic (exact) mass is 280 g/mol. The number of methoxy groups -OCH3 is 1. The SMILES string of the molecule is COC(=O)c1ccc(OCC2(CS)CCCC2)cc1. The maximum Gasteiger partial charge on any atom is 0.337 e. The summed E-state index contributed by atoms with van der Waals surface area (Å²) in [7, 11) is 1.38. The molecule has 3 nitrogen and oxygen atoms in total. The van der Waals surface area contributed by atoms with Gasteiger partial charge in [0.2, 0.25) is 0 Å². The second kappa shape index (κ2) is 6.33. The van der Waals surface area contributed by atoms with Gasteiger partial charge in [-0.15, -0.1) is 0 Å². The Morgan fingerprint density at radius 3 is 2.42 bits per heavy atom.